The Morgan fingerprint density at radius 1 is 1.45 bits per heavy atom. The zero-order valence-electron chi connectivity index (χ0n) is 10.4. The lowest BCUT2D eigenvalue weighted by molar-refractivity contribution is 0.642. The van der Waals surface area contributed by atoms with Crippen molar-refractivity contribution in [3.63, 3.8) is 0 Å². The molecule has 0 unspecified atom stereocenters. The maximum atomic E-state index is 11.7. The Kier molecular flexibility index (Phi) is 2.61. The molecule has 3 aromatic rings. The summed E-state index contributed by atoms with van der Waals surface area (Å²) in [5.74, 6) is 0. The van der Waals surface area contributed by atoms with E-state index in [0.717, 1.165) is 33.1 Å². The number of nitrogen functional groups attached to an aromatic ring is 1. The molecular formula is C12H11N5OS2. The molecular weight excluding hydrogens is 294 g/mol. The second-order valence-electron chi connectivity index (χ2n) is 4.72. The van der Waals surface area contributed by atoms with E-state index in [2.05, 4.69) is 15.2 Å². The molecule has 2 aromatic heterocycles. The van der Waals surface area contributed by atoms with Crippen molar-refractivity contribution in [2.24, 2.45) is 0 Å². The fourth-order valence-corrected chi connectivity index (χ4v) is 4.19. The Bertz CT molecular complexity index is 845. The van der Waals surface area contributed by atoms with Crippen molar-refractivity contribution in [1.82, 2.24) is 19.7 Å². The predicted molar refractivity (Wildman–Crippen MR) is 79.3 cm³/mol. The van der Waals surface area contributed by atoms with Gasteiger partial charge in [0, 0.05) is 11.7 Å². The molecule has 1 fully saturated rings. The van der Waals surface area contributed by atoms with Gasteiger partial charge in [-0.1, -0.05) is 0 Å². The molecule has 3 N–H and O–H groups in total. The number of benzene rings is 1. The van der Waals surface area contributed by atoms with Gasteiger partial charge in [-0.2, -0.15) is 0 Å². The van der Waals surface area contributed by atoms with E-state index >= 15 is 0 Å². The molecule has 0 radical (unpaired) electrons. The van der Waals surface area contributed by atoms with E-state index in [4.69, 9.17) is 5.73 Å². The monoisotopic (exact) mass is 305 g/mol. The smallest absolute Gasteiger partial charge is 0.344 e. The average Bonchev–Trinajstić information content (AvgIpc) is 3.07. The number of nitrogens with one attached hydrogen (secondary N) is 1. The molecule has 1 aliphatic rings. The van der Waals surface area contributed by atoms with Crippen LogP contribution in [-0.4, -0.2) is 19.7 Å². The maximum absolute atomic E-state index is 11.7. The van der Waals surface area contributed by atoms with Crippen LogP contribution in [0.4, 0.5) is 5.69 Å². The van der Waals surface area contributed by atoms with Gasteiger partial charge in [0.05, 0.1) is 10.2 Å². The highest BCUT2D eigenvalue weighted by molar-refractivity contribution is 8.01. The molecule has 1 saturated carbocycles. The number of rotatable bonds is 3. The second kappa shape index (κ2) is 4.35. The molecule has 4 rings (SSSR count). The van der Waals surface area contributed by atoms with Crippen molar-refractivity contribution < 1.29 is 0 Å². The van der Waals surface area contributed by atoms with Gasteiger partial charge < -0.3 is 5.73 Å². The van der Waals surface area contributed by atoms with Gasteiger partial charge in [-0.05, 0) is 42.8 Å². The van der Waals surface area contributed by atoms with E-state index in [-0.39, 0.29) is 5.69 Å². The van der Waals surface area contributed by atoms with Crippen molar-refractivity contribution >= 4 is 39.0 Å². The van der Waals surface area contributed by atoms with Gasteiger partial charge in [0.25, 0.3) is 0 Å². The van der Waals surface area contributed by atoms with E-state index in [1.54, 1.807) is 15.9 Å². The summed E-state index contributed by atoms with van der Waals surface area (Å²) < 4.78 is 3.64. The highest BCUT2D eigenvalue weighted by atomic mass is 32.2. The number of hydrogen-bond donors (Lipinski definition) is 2. The molecule has 0 spiro atoms. The van der Waals surface area contributed by atoms with Gasteiger partial charge >= 0.3 is 5.69 Å². The Morgan fingerprint density at radius 3 is 3.10 bits per heavy atom. The molecule has 0 saturated heterocycles. The molecule has 8 heteroatoms. The molecule has 0 bridgehead atoms. The van der Waals surface area contributed by atoms with Crippen LogP contribution < -0.4 is 11.4 Å². The lowest BCUT2D eigenvalue weighted by atomic mass is 10.3. The Labute approximate surface area is 122 Å². The van der Waals surface area contributed by atoms with Crippen molar-refractivity contribution in [3.8, 4) is 0 Å². The van der Waals surface area contributed by atoms with Crippen LogP contribution in [0.15, 0.2) is 32.5 Å². The molecule has 0 aliphatic heterocycles. The van der Waals surface area contributed by atoms with Crippen LogP contribution in [-0.2, 0) is 0 Å². The number of nitrogens with two attached hydrogens (primary N) is 1. The van der Waals surface area contributed by atoms with E-state index in [1.807, 2.05) is 18.2 Å². The fourth-order valence-electron chi connectivity index (χ4n) is 2.06. The number of fused-ring (bicyclic) bond motifs is 1. The van der Waals surface area contributed by atoms with Gasteiger partial charge in [0.1, 0.15) is 0 Å². The largest absolute Gasteiger partial charge is 0.399 e. The minimum absolute atomic E-state index is 0.139. The lowest BCUT2D eigenvalue weighted by Crippen LogP contribution is -2.15. The molecule has 1 aliphatic carbocycles. The minimum Gasteiger partial charge on any atom is -0.399 e. The fraction of sp³-hybridized carbons (Fsp3) is 0.250. The van der Waals surface area contributed by atoms with Gasteiger partial charge in [0.15, 0.2) is 9.50 Å². The minimum atomic E-state index is -0.139. The topological polar surface area (TPSA) is 89.6 Å². The number of hydrogen-bond acceptors (Lipinski definition) is 6. The SMILES string of the molecule is Nc1ccc2nc(Sc3n[nH]c(=O)n3C3CC3)sc2c1. The van der Waals surface area contributed by atoms with Crippen LogP contribution in [0.1, 0.15) is 18.9 Å². The predicted octanol–water partition coefficient (Wildman–Crippen LogP) is 2.25. The molecule has 2 heterocycles. The van der Waals surface area contributed by atoms with Crippen LogP contribution in [0.5, 0.6) is 0 Å². The van der Waals surface area contributed by atoms with E-state index in [9.17, 15) is 4.79 Å². The number of aromatic amines is 1. The zero-order chi connectivity index (χ0) is 13.7. The van der Waals surface area contributed by atoms with E-state index in [1.165, 1.54) is 11.8 Å². The van der Waals surface area contributed by atoms with Crippen molar-refractivity contribution in [2.75, 3.05) is 5.73 Å². The maximum Gasteiger partial charge on any atom is 0.344 e. The Balaban J connectivity index is 1.72. The number of nitrogens with zero attached hydrogens (tertiary/aromatic N) is 3. The van der Waals surface area contributed by atoms with Crippen LogP contribution in [0, 0.1) is 0 Å². The summed E-state index contributed by atoms with van der Waals surface area (Å²) in [5.41, 5.74) is 7.28. The van der Waals surface area contributed by atoms with Crippen molar-refractivity contribution in [2.45, 2.75) is 28.4 Å². The standard InChI is InChI=1S/C12H11N5OS2/c13-6-1-4-8-9(5-6)19-12(14-8)20-11-16-15-10(18)17(11)7-2-3-7/h1,4-5,7H,2-3,13H2,(H,15,18). The number of thiazole rings is 1. The second-order valence-corrected chi connectivity index (χ2v) is 6.97. The molecule has 0 amide bonds. The third-order valence-electron chi connectivity index (χ3n) is 3.16. The Hall–Kier alpha value is -1.80. The van der Waals surface area contributed by atoms with Gasteiger partial charge in [-0.15, -0.1) is 16.4 Å². The summed E-state index contributed by atoms with van der Waals surface area (Å²) in [5, 5.41) is 7.29. The first-order valence-corrected chi connectivity index (χ1v) is 7.85. The van der Waals surface area contributed by atoms with Crippen LogP contribution in [0.2, 0.25) is 0 Å². The first-order chi connectivity index (χ1) is 9.70. The van der Waals surface area contributed by atoms with Gasteiger partial charge in [-0.3, -0.25) is 4.57 Å². The summed E-state index contributed by atoms with van der Waals surface area (Å²) >= 11 is 2.98. The molecule has 0 atom stereocenters. The normalized spacial score (nSPS) is 15.0. The molecule has 20 heavy (non-hydrogen) atoms. The van der Waals surface area contributed by atoms with Crippen LogP contribution in [0.3, 0.4) is 0 Å². The summed E-state index contributed by atoms with van der Waals surface area (Å²) in [4.78, 5) is 16.3. The average molecular weight is 305 g/mol. The van der Waals surface area contributed by atoms with E-state index in [0.29, 0.717) is 11.2 Å². The highest BCUT2D eigenvalue weighted by Crippen LogP contribution is 2.39. The number of anilines is 1. The molecule has 6 nitrogen and oxygen atoms in total. The molecule has 102 valence electrons. The number of aromatic nitrogens is 4. The van der Waals surface area contributed by atoms with Crippen LogP contribution >= 0.6 is 23.1 Å². The summed E-state index contributed by atoms with van der Waals surface area (Å²) in [6, 6.07) is 5.96. The van der Waals surface area contributed by atoms with Crippen LogP contribution in [0.25, 0.3) is 10.2 Å². The quantitative estimate of drug-likeness (QED) is 0.724. The highest BCUT2D eigenvalue weighted by Gasteiger charge is 2.29. The lowest BCUT2D eigenvalue weighted by Gasteiger charge is -1.99. The van der Waals surface area contributed by atoms with Gasteiger partial charge in [-0.25, -0.2) is 14.9 Å². The molecule has 1 aromatic carbocycles. The van der Waals surface area contributed by atoms with E-state index < -0.39 is 0 Å². The zero-order valence-corrected chi connectivity index (χ0v) is 12.0. The third kappa shape index (κ3) is 2.01. The third-order valence-corrected chi connectivity index (χ3v) is 5.20. The van der Waals surface area contributed by atoms with Crippen molar-refractivity contribution in [1.29, 1.82) is 0 Å². The summed E-state index contributed by atoms with van der Waals surface area (Å²) in [7, 11) is 0. The summed E-state index contributed by atoms with van der Waals surface area (Å²) in [6.45, 7) is 0. The first-order valence-electron chi connectivity index (χ1n) is 6.21. The summed E-state index contributed by atoms with van der Waals surface area (Å²) in [6.07, 6.45) is 2.09. The Morgan fingerprint density at radius 2 is 2.30 bits per heavy atom. The van der Waals surface area contributed by atoms with Gasteiger partial charge in [0.2, 0.25) is 0 Å². The van der Waals surface area contributed by atoms with Crippen molar-refractivity contribution in [3.05, 3.63) is 28.7 Å². The number of H-pyrrole nitrogens is 1. The first kappa shape index (κ1) is 12.0.